The third-order valence-corrected chi connectivity index (χ3v) is 2.20. The molecule has 0 bridgehead atoms. The highest BCUT2D eigenvalue weighted by molar-refractivity contribution is 5.91. The lowest BCUT2D eigenvalue weighted by molar-refractivity contribution is -0.131. The number of aromatic nitrogens is 1. The predicted molar refractivity (Wildman–Crippen MR) is 65.6 cm³/mol. The fourth-order valence-electron chi connectivity index (χ4n) is 1.42. The summed E-state index contributed by atoms with van der Waals surface area (Å²) in [7, 11) is 1.79. The van der Waals surface area contributed by atoms with Gasteiger partial charge in [-0.2, -0.15) is 0 Å². The quantitative estimate of drug-likeness (QED) is 0.766. The van der Waals surface area contributed by atoms with Crippen molar-refractivity contribution in [2.45, 2.75) is 19.8 Å². The molecule has 2 N–H and O–H groups in total. The lowest BCUT2D eigenvalue weighted by Crippen LogP contribution is -2.09. The average molecular weight is 236 g/mol. The average Bonchev–Trinajstić information content (AvgIpc) is 2.56. The summed E-state index contributed by atoms with van der Waals surface area (Å²) < 4.78 is 1.75. The van der Waals surface area contributed by atoms with Crippen molar-refractivity contribution in [2.24, 2.45) is 7.05 Å². The number of carboxylic acids is 1. The third kappa shape index (κ3) is 4.14. The van der Waals surface area contributed by atoms with Gasteiger partial charge in [-0.3, -0.25) is 4.79 Å². The van der Waals surface area contributed by atoms with Crippen LogP contribution in [0.4, 0.5) is 5.69 Å². The number of rotatable bonds is 5. The van der Waals surface area contributed by atoms with E-state index in [4.69, 9.17) is 5.11 Å². The summed E-state index contributed by atoms with van der Waals surface area (Å²) in [5.74, 6) is -1.03. The highest BCUT2D eigenvalue weighted by Crippen LogP contribution is 2.14. The Hall–Kier alpha value is -2.04. The normalized spacial score (nSPS) is 10.7. The Morgan fingerprint density at radius 3 is 2.82 bits per heavy atom. The van der Waals surface area contributed by atoms with Crippen LogP contribution in [-0.2, 0) is 16.6 Å². The van der Waals surface area contributed by atoms with Gasteiger partial charge in [0.25, 0.3) is 0 Å². The number of carboxylic acid groups (broad SMARTS) is 1. The van der Waals surface area contributed by atoms with Crippen LogP contribution in [0.25, 0.3) is 6.08 Å². The fraction of sp³-hybridized carbons (Fsp3) is 0.333. The molecule has 92 valence electrons. The number of hydrogen-bond acceptors (Lipinski definition) is 2. The molecule has 0 aliphatic rings. The van der Waals surface area contributed by atoms with Gasteiger partial charge in [0.15, 0.2) is 0 Å². The Morgan fingerprint density at radius 2 is 2.24 bits per heavy atom. The second-order valence-electron chi connectivity index (χ2n) is 3.73. The van der Waals surface area contributed by atoms with E-state index in [2.05, 4.69) is 5.32 Å². The molecule has 1 heterocycles. The van der Waals surface area contributed by atoms with E-state index in [1.54, 1.807) is 23.9 Å². The SMILES string of the molecule is CCCC(=O)Nc1cc(/C=C/C(=O)O)n(C)c1. The van der Waals surface area contributed by atoms with Crippen LogP contribution in [0.1, 0.15) is 25.5 Å². The minimum atomic E-state index is -0.997. The van der Waals surface area contributed by atoms with Gasteiger partial charge in [-0.15, -0.1) is 0 Å². The molecule has 5 nitrogen and oxygen atoms in total. The van der Waals surface area contributed by atoms with Crippen molar-refractivity contribution >= 4 is 23.6 Å². The second-order valence-corrected chi connectivity index (χ2v) is 3.73. The number of aryl methyl sites for hydroxylation is 1. The third-order valence-electron chi connectivity index (χ3n) is 2.20. The van der Waals surface area contributed by atoms with Crippen molar-refractivity contribution in [3.8, 4) is 0 Å². The number of carbonyl (C=O) groups excluding carboxylic acids is 1. The van der Waals surface area contributed by atoms with Crippen LogP contribution in [-0.4, -0.2) is 21.6 Å². The lowest BCUT2D eigenvalue weighted by atomic mass is 10.3. The van der Waals surface area contributed by atoms with E-state index in [1.165, 1.54) is 6.08 Å². The van der Waals surface area contributed by atoms with Gasteiger partial charge in [-0.25, -0.2) is 4.79 Å². The van der Waals surface area contributed by atoms with Gasteiger partial charge in [0.05, 0.1) is 5.69 Å². The molecule has 0 unspecified atom stereocenters. The van der Waals surface area contributed by atoms with E-state index in [-0.39, 0.29) is 5.91 Å². The van der Waals surface area contributed by atoms with Gasteiger partial charge >= 0.3 is 5.97 Å². The summed E-state index contributed by atoms with van der Waals surface area (Å²) in [5.41, 5.74) is 1.40. The molecule has 0 spiro atoms. The summed E-state index contributed by atoms with van der Waals surface area (Å²) in [4.78, 5) is 21.8. The molecular weight excluding hydrogens is 220 g/mol. The number of nitrogens with one attached hydrogen (secondary N) is 1. The zero-order valence-electron chi connectivity index (χ0n) is 9.93. The number of carbonyl (C=O) groups is 2. The highest BCUT2D eigenvalue weighted by Gasteiger charge is 2.04. The summed E-state index contributed by atoms with van der Waals surface area (Å²) in [6, 6.07) is 1.73. The van der Waals surface area contributed by atoms with Gasteiger partial charge in [0.2, 0.25) is 5.91 Å². The first kappa shape index (κ1) is 13.0. The van der Waals surface area contributed by atoms with Crippen molar-refractivity contribution in [2.75, 3.05) is 5.32 Å². The summed E-state index contributed by atoms with van der Waals surface area (Å²) in [6.45, 7) is 1.94. The number of hydrogen-bond donors (Lipinski definition) is 2. The van der Waals surface area contributed by atoms with Gasteiger partial charge in [0, 0.05) is 31.4 Å². The van der Waals surface area contributed by atoms with Crippen molar-refractivity contribution in [1.29, 1.82) is 0 Å². The van der Waals surface area contributed by atoms with Crippen LogP contribution in [0.3, 0.4) is 0 Å². The minimum absolute atomic E-state index is 0.0353. The molecule has 1 aromatic heterocycles. The first-order valence-corrected chi connectivity index (χ1v) is 5.40. The topological polar surface area (TPSA) is 71.3 Å². The molecular formula is C12H16N2O3. The highest BCUT2D eigenvalue weighted by atomic mass is 16.4. The first-order valence-electron chi connectivity index (χ1n) is 5.40. The van der Waals surface area contributed by atoms with Crippen molar-refractivity contribution in [3.63, 3.8) is 0 Å². The van der Waals surface area contributed by atoms with Crippen molar-refractivity contribution in [1.82, 2.24) is 4.57 Å². The Kier molecular flexibility index (Phi) is 4.51. The van der Waals surface area contributed by atoms with Crippen molar-refractivity contribution in [3.05, 3.63) is 24.0 Å². The maximum absolute atomic E-state index is 11.4. The fourth-order valence-corrected chi connectivity index (χ4v) is 1.42. The first-order chi connectivity index (χ1) is 8.02. The standard InChI is InChI=1S/C12H16N2O3/c1-3-4-11(15)13-9-7-10(14(2)8-9)5-6-12(16)17/h5-8H,3-4H2,1-2H3,(H,13,15)(H,16,17)/b6-5+. The van der Waals surface area contributed by atoms with Gasteiger partial charge in [-0.05, 0) is 18.6 Å². The van der Waals surface area contributed by atoms with E-state index in [1.807, 2.05) is 6.92 Å². The van der Waals surface area contributed by atoms with Crippen molar-refractivity contribution < 1.29 is 14.7 Å². The molecule has 1 amide bonds. The maximum Gasteiger partial charge on any atom is 0.328 e. The molecule has 0 saturated heterocycles. The number of nitrogens with zero attached hydrogens (tertiary/aromatic N) is 1. The molecule has 0 aliphatic heterocycles. The van der Waals surface area contributed by atoms with Gasteiger partial charge < -0.3 is 15.0 Å². The molecule has 0 aromatic carbocycles. The largest absolute Gasteiger partial charge is 0.478 e. The van der Waals surface area contributed by atoms with E-state index in [0.29, 0.717) is 12.1 Å². The van der Waals surface area contributed by atoms with E-state index in [9.17, 15) is 9.59 Å². The molecule has 5 heteroatoms. The van der Waals surface area contributed by atoms with Crippen LogP contribution in [0, 0.1) is 0 Å². The maximum atomic E-state index is 11.4. The zero-order chi connectivity index (χ0) is 12.8. The van der Waals surface area contributed by atoms with Crippen LogP contribution in [0.5, 0.6) is 0 Å². The Bertz CT molecular complexity index is 447. The zero-order valence-corrected chi connectivity index (χ0v) is 9.93. The molecule has 0 atom stereocenters. The number of amides is 1. The Morgan fingerprint density at radius 1 is 1.53 bits per heavy atom. The predicted octanol–water partition coefficient (Wildman–Crippen LogP) is 1.86. The molecule has 0 radical (unpaired) electrons. The summed E-state index contributed by atoms with van der Waals surface area (Å²) in [5, 5.41) is 11.3. The minimum Gasteiger partial charge on any atom is -0.478 e. The van der Waals surface area contributed by atoms with E-state index >= 15 is 0 Å². The van der Waals surface area contributed by atoms with Crippen LogP contribution < -0.4 is 5.32 Å². The molecule has 1 rings (SSSR count). The van der Waals surface area contributed by atoms with Crippen LogP contribution >= 0.6 is 0 Å². The van der Waals surface area contributed by atoms with E-state index < -0.39 is 5.97 Å². The smallest absolute Gasteiger partial charge is 0.328 e. The molecule has 0 fully saturated rings. The van der Waals surface area contributed by atoms with E-state index in [0.717, 1.165) is 18.2 Å². The number of anilines is 1. The monoisotopic (exact) mass is 236 g/mol. The summed E-state index contributed by atoms with van der Waals surface area (Å²) in [6.07, 6.45) is 5.57. The Balaban J connectivity index is 2.74. The van der Waals surface area contributed by atoms with Crippen LogP contribution in [0.15, 0.2) is 18.3 Å². The van der Waals surface area contributed by atoms with Gasteiger partial charge in [-0.1, -0.05) is 6.92 Å². The second kappa shape index (κ2) is 5.89. The summed E-state index contributed by atoms with van der Waals surface area (Å²) >= 11 is 0. The number of aliphatic carboxylic acids is 1. The molecule has 0 saturated carbocycles. The van der Waals surface area contributed by atoms with Crippen LogP contribution in [0.2, 0.25) is 0 Å². The molecule has 17 heavy (non-hydrogen) atoms. The Labute approximate surface area is 99.7 Å². The lowest BCUT2D eigenvalue weighted by Gasteiger charge is -1.99. The van der Waals surface area contributed by atoms with Gasteiger partial charge in [0.1, 0.15) is 0 Å². The molecule has 1 aromatic rings. The molecule has 0 aliphatic carbocycles.